The van der Waals surface area contributed by atoms with Gasteiger partial charge in [-0.15, -0.1) is 0 Å². The van der Waals surface area contributed by atoms with Crippen LogP contribution in [0.15, 0.2) is 53.5 Å². The SMILES string of the molecule is Cc1ccc(Cl)cc1-n1ncc2c(NCc3ccco3)ncnc21. The van der Waals surface area contributed by atoms with Crippen molar-refractivity contribution in [1.82, 2.24) is 19.7 Å². The number of benzene rings is 1. The van der Waals surface area contributed by atoms with Crippen LogP contribution >= 0.6 is 11.6 Å². The molecule has 0 atom stereocenters. The average molecular weight is 340 g/mol. The van der Waals surface area contributed by atoms with Crippen LogP contribution in [-0.4, -0.2) is 19.7 Å². The van der Waals surface area contributed by atoms with E-state index in [-0.39, 0.29) is 0 Å². The number of rotatable bonds is 4. The summed E-state index contributed by atoms with van der Waals surface area (Å²) >= 11 is 6.13. The standard InChI is InChI=1S/C17H14ClN5O/c1-11-4-5-12(18)7-15(11)23-17-14(9-22-23)16(20-10-21-17)19-8-13-3-2-6-24-13/h2-7,9-10H,8H2,1H3,(H,19,20,21). The Kier molecular flexibility index (Phi) is 3.66. The second-order valence-electron chi connectivity index (χ2n) is 5.38. The number of hydrogen-bond acceptors (Lipinski definition) is 5. The minimum Gasteiger partial charge on any atom is -0.467 e. The Labute approximate surface area is 143 Å². The molecule has 0 amide bonds. The van der Waals surface area contributed by atoms with Crippen LogP contribution in [0, 0.1) is 6.92 Å². The molecule has 3 aromatic heterocycles. The summed E-state index contributed by atoms with van der Waals surface area (Å²) < 4.78 is 7.10. The van der Waals surface area contributed by atoms with Gasteiger partial charge in [-0.2, -0.15) is 5.10 Å². The zero-order valence-corrected chi connectivity index (χ0v) is 13.7. The van der Waals surface area contributed by atoms with Gasteiger partial charge in [-0.25, -0.2) is 14.6 Å². The fraction of sp³-hybridized carbons (Fsp3) is 0.118. The molecule has 7 heteroatoms. The predicted octanol–water partition coefficient (Wildman–Crippen LogP) is 3.98. The van der Waals surface area contributed by atoms with Gasteiger partial charge in [0.05, 0.1) is 30.1 Å². The van der Waals surface area contributed by atoms with Crippen LogP contribution in [-0.2, 0) is 6.54 Å². The number of nitrogens with one attached hydrogen (secondary N) is 1. The topological polar surface area (TPSA) is 68.8 Å². The van der Waals surface area contributed by atoms with Crippen molar-refractivity contribution in [2.45, 2.75) is 13.5 Å². The Morgan fingerprint density at radius 1 is 1.25 bits per heavy atom. The minimum atomic E-state index is 0.542. The van der Waals surface area contributed by atoms with Gasteiger partial charge in [-0.1, -0.05) is 17.7 Å². The van der Waals surface area contributed by atoms with Crippen LogP contribution in [0.5, 0.6) is 0 Å². The minimum absolute atomic E-state index is 0.542. The zero-order valence-electron chi connectivity index (χ0n) is 12.9. The highest BCUT2D eigenvalue weighted by molar-refractivity contribution is 6.30. The van der Waals surface area contributed by atoms with E-state index in [1.807, 2.05) is 37.3 Å². The van der Waals surface area contributed by atoms with E-state index in [1.54, 1.807) is 17.1 Å². The quantitative estimate of drug-likeness (QED) is 0.609. The molecule has 24 heavy (non-hydrogen) atoms. The lowest BCUT2D eigenvalue weighted by Gasteiger charge is -2.08. The zero-order chi connectivity index (χ0) is 16.5. The largest absolute Gasteiger partial charge is 0.467 e. The lowest BCUT2D eigenvalue weighted by atomic mass is 10.2. The molecule has 0 fully saturated rings. The predicted molar refractivity (Wildman–Crippen MR) is 92.4 cm³/mol. The van der Waals surface area contributed by atoms with Gasteiger partial charge < -0.3 is 9.73 Å². The molecule has 0 aliphatic carbocycles. The number of fused-ring (bicyclic) bond motifs is 1. The van der Waals surface area contributed by atoms with Crippen molar-refractivity contribution in [3.05, 3.63) is 65.5 Å². The maximum absolute atomic E-state index is 6.13. The van der Waals surface area contributed by atoms with Crippen molar-refractivity contribution in [2.24, 2.45) is 0 Å². The average Bonchev–Trinajstić information content (AvgIpc) is 3.24. The molecule has 0 bridgehead atoms. The van der Waals surface area contributed by atoms with Crippen molar-refractivity contribution in [3.63, 3.8) is 0 Å². The molecule has 0 saturated carbocycles. The van der Waals surface area contributed by atoms with Crippen LogP contribution in [0.2, 0.25) is 5.02 Å². The monoisotopic (exact) mass is 339 g/mol. The highest BCUT2D eigenvalue weighted by Crippen LogP contribution is 2.25. The first-order valence-corrected chi connectivity index (χ1v) is 7.81. The van der Waals surface area contributed by atoms with Gasteiger partial charge in [0.1, 0.15) is 17.9 Å². The molecule has 4 rings (SSSR count). The summed E-state index contributed by atoms with van der Waals surface area (Å²) in [6, 6.07) is 9.46. The molecule has 0 aliphatic heterocycles. The number of hydrogen-bond donors (Lipinski definition) is 1. The van der Waals surface area contributed by atoms with Gasteiger partial charge in [-0.05, 0) is 36.8 Å². The van der Waals surface area contributed by atoms with Gasteiger partial charge in [0.15, 0.2) is 5.65 Å². The Morgan fingerprint density at radius 3 is 3.00 bits per heavy atom. The summed E-state index contributed by atoms with van der Waals surface area (Å²) in [5.41, 5.74) is 2.68. The molecule has 4 aromatic rings. The number of furan rings is 1. The third-order valence-corrected chi connectivity index (χ3v) is 4.01. The number of halogens is 1. The molecule has 0 radical (unpaired) electrons. The summed E-state index contributed by atoms with van der Waals surface area (Å²) in [4.78, 5) is 8.69. The molecule has 3 heterocycles. The summed E-state index contributed by atoms with van der Waals surface area (Å²) in [5, 5.41) is 9.22. The van der Waals surface area contributed by atoms with Gasteiger partial charge >= 0.3 is 0 Å². The summed E-state index contributed by atoms with van der Waals surface area (Å²) in [5.74, 6) is 1.54. The van der Waals surface area contributed by atoms with E-state index >= 15 is 0 Å². The van der Waals surface area contributed by atoms with E-state index in [4.69, 9.17) is 16.0 Å². The third kappa shape index (κ3) is 2.61. The summed E-state index contributed by atoms with van der Waals surface area (Å²) in [6.07, 6.45) is 4.91. The van der Waals surface area contributed by atoms with E-state index < -0.39 is 0 Å². The van der Waals surface area contributed by atoms with E-state index in [0.717, 1.165) is 28.0 Å². The van der Waals surface area contributed by atoms with Crippen LogP contribution in [0.3, 0.4) is 0 Å². The molecule has 0 aliphatic rings. The first-order valence-electron chi connectivity index (χ1n) is 7.44. The first kappa shape index (κ1) is 14.7. The lowest BCUT2D eigenvalue weighted by Crippen LogP contribution is -2.03. The van der Waals surface area contributed by atoms with E-state index in [9.17, 15) is 0 Å². The number of nitrogens with zero attached hydrogens (tertiary/aromatic N) is 4. The third-order valence-electron chi connectivity index (χ3n) is 3.78. The first-order chi connectivity index (χ1) is 11.7. The van der Waals surface area contributed by atoms with Gasteiger partial charge in [0, 0.05) is 5.02 Å². The Morgan fingerprint density at radius 2 is 2.17 bits per heavy atom. The van der Waals surface area contributed by atoms with Crippen LogP contribution in [0.4, 0.5) is 5.82 Å². The molecule has 0 saturated heterocycles. The van der Waals surface area contributed by atoms with E-state index in [0.29, 0.717) is 17.4 Å². The Balaban J connectivity index is 1.74. The fourth-order valence-corrected chi connectivity index (χ4v) is 2.72. The van der Waals surface area contributed by atoms with Crippen molar-refractivity contribution >= 4 is 28.5 Å². The lowest BCUT2D eigenvalue weighted by molar-refractivity contribution is 0.518. The highest BCUT2D eigenvalue weighted by atomic mass is 35.5. The maximum Gasteiger partial charge on any atom is 0.168 e. The van der Waals surface area contributed by atoms with E-state index in [1.165, 1.54) is 6.33 Å². The molecule has 1 N–H and O–H groups in total. The fourth-order valence-electron chi connectivity index (χ4n) is 2.56. The van der Waals surface area contributed by atoms with Crippen molar-refractivity contribution < 1.29 is 4.42 Å². The molecular formula is C17H14ClN5O. The second-order valence-corrected chi connectivity index (χ2v) is 5.82. The Bertz CT molecular complexity index is 994. The molecule has 0 unspecified atom stereocenters. The highest BCUT2D eigenvalue weighted by Gasteiger charge is 2.13. The smallest absolute Gasteiger partial charge is 0.168 e. The van der Waals surface area contributed by atoms with Crippen molar-refractivity contribution in [3.8, 4) is 5.69 Å². The van der Waals surface area contributed by atoms with Crippen LogP contribution in [0.25, 0.3) is 16.7 Å². The molecule has 120 valence electrons. The molecule has 1 aromatic carbocycles. The van der Waals surface area contributed by atoms with Crippen LogP contribution < -0.4 is 5.32 Å². The number of aromatic nitrogens is 4. The van der Waals surface area contributed by atoms with Gasteiger partial charge in [0.25, 0.3) is 0 Å². The molecular weight excluding hydrogens is 326 g/mol. The number of anilines is 1. The second kappa shape index (κ2) is 5.98. The van der Waals surface area contributed by atoms with Crippen LogP contribution in [0.1, 0.15) is 11.3 Å². The normalized spacial score (nSPS) is 11.1. The van der Waals surface area contributed by atoms with Gasteiger partial charge in [0.2, 0.25) is 0 Å². The Hall–Kier alpha value is -2.86. The number of aryl methyl sites for hydroxylation is 1. The van der Waals surface area contributed by atoms with E-state index in [2.05, 4.69) is 20.4 Å². The molecule has 0 spiro atoms. The van der Waals surface area contributed by atoms with Gasteiger partial charge in [-0.3, -0.25) is 0 Å². The van der Waals surface area contributed by atoms with Crippen molar-refractivity contribution in [2.75, 3.05) is 5.32 Å². The molecule has 6 nitrogen and oxygen atoms in total. The summed E-state index contributed by atoms with van der Waals surface area (Å²) in [6.45, 7) is 2.55. The summed E-state index contributed by atoms with van der Waals surface area (Å²) in [7, 11) is 0. The van der Waals surface area contributed by atoms with Crippen molar-refractivity contribution in [1.29, 1.82) is 0 Å². The maximum atomic E-state index is 6.13.